The topological polar surface area (TPSA) is 33.1 Å². The molecule has 0 amide bonds. The van der Waals surface area contributed by atoms with Crippen molar-refractivity contribution in [2.24, 2.45) is 5.41 Å². The summed E-state index contributed by atoms with van der Waals surface area (Å²) in [6.07, 6.45) is -2.48. The Morgan fingerprint density at radius 1 is 1.28 bits per heavy atom. The number of aliphatic hydroxyl groups is 1. The predicted octanol–water partition coefficient (Wildman–Crippen LogP) is 3.96. The largest absolute Gasteiger partial charge is 0.416 e. The Balaban J connectivity index is 2.89. The van der Waals surface area contributed by atoms with E-state index in [2.05, 4.69) is 4.98 Å². The minimum absolute atomic E-state index is 0.0262. The molecule has 102 valence electrons. The van der Waals surface area contributed by atoms with Crippen LogP contribution in [-0.2, 0) is 6.18 Å². The third-order valence-corrected chi connectivity index (χ3v) is 2.68. The standard InChI is InChI=1S/C13H18F3NO/c1-12(2,3)6-4-11(18)9-8-17-7-5-10(9)13(14,15)16/h5,7-8,11,18H,4,6H2,1-3H3. The first-order valence-corrected chi connectivity index (χ1v) is 5.80. The highest BCUT2D eigenvalue weighted by molar-refractivity contribution is 5.28. The zero-order valence-corrected chi connectivity index (χ0v) is 10.8. The second kappa shape index (κ2) is 5.26. The number of pyridine rings is 1. The smallest absolute Gasteiger partial charge is 0.388 e. The summed E-state index contributed by atoms with van der Waals surface area (Å²) in [6.45, 7) is 5.94. The van der Waals surface area contributed by atoms with Crippen LogP contribution >= 0.6 is 0 Å². The Labute approximate surface area is 105 Å². The summed E-state index contributed by atoms with van der Waals surface area (Å²) in [4.78, 5) is 3.66. The van der Waals surface area contributed by atoms with Gasteiger partial charge in [0.1, 0.15) is 0 Å². The lowest BCUT2D eigenvalue weighted by Gasteiger charge is -2.22. The van der Waals surface area contributed by atoms with Gasteiger partial charge in [-0.05, 0) is 24.3 Å². The molecule has 1 aromatic rings. The summed E-state index contributed by atoms with van der Waals surface area (Å²) in [5.74, 6) is 0. The van der Waals surface area contributed by atoms with Crippen LogP contribution in [0.3, 0.4) is 0 Å². The molecule has 1 N–H and O–H groups in total. The maximum absolute atomic E-state index is 12.7. The molecule has 0 aromatic carbocycles. The van der Waals surface area contributed by atoms with Crippen LogP contribution < -0.4 is 0 Å². The van der Waals surface area contributed by atoms with Crippen LogP contribution in [0.5, 0.6) is 0 Å². The highest BCUT2D eigenvalue weighted by atomic mass is 19.4. The Hall–Kier alpha value is -1.10. The lowest BCUT2D eigenvalue weighted by Crippen LogP contribution is -2.14. The van der Waals surface area contributed by atoms with Crippen LogP contribution in [0.15, 0.2) is 18.5 Å². The van der Waals surface area contributed by atoms with Gasteiger partial charge in [0.15, 0.2) is 0 Å². The van der Waals surface area contributed by atoms with Crippen molar-refractivity contribution in [3.05, 3.63) is 29.6 Å². The number of hydrogen-bond donors (Lipinski definition) is 1. The van der Waals surface area contributed by atoms with Crippen molar-refractivity contribution < 1.29 is 18.3 Å². The van der Waals surface area contributed by atoms with E-state index in [-0.39, 0.29) is 17.4 Å². The molecule has 0 fully saturated rings. The first-order chi connectivity index (χ1) is 8.11. The molecule has 1 unspecified atom stereocenters. The summed E-state index contributed by atoms with van der Waals surface area (Å²) in [6, 6.07) is 0.898. The van der Waals surface area contributed by atoms with E-state index in [0.29, 0.717) is 6.42 Å². The fraction of sp³-hybridized carbons (Fsp3) is 0.615. The molecule has 0 spiro atoms. The van der Waals surface area contributed by atoms with Crippen molar-refractivity contribution in [2.75, 3.05) is 0 Å². The van der Waals surface area contributed by atoms with Crippen LogP contribution in [0, 0.1) is 5.41 Å². The van der Waals surface area contributed by atoms with Gasteiger partial charge in [-0.1, -0.05) is 20.8 Å². The van der Waals surface area contributed by atoms with Crippen molar-refractivity contribution in [1.29, 1.82) is 0 Å². The Morgan fingerprint density at radius 3 is 2.39 bits per heavy atom. The third kappa shape index (κ3) is 4.29. The molecular weight excluding hydrogens is 243 g/mol. The van der Waals surface area contributed by atoms with Gasteiger partial charge in [0.05, 0.1) is 11.7 Å². The van der Waals surface area contributed by atoms with Gasteiger partial charge in [0, 0.05) is 18.0 Å². The van der Waals surface area contributed by atoms with Crippen molar-refractivity contribution >= 4 is 0 Å². The molecule has 1 heterocycles. The second-order valence-electron chi connectivity index (χ2n) is 5.58. The number of hydrogen-bond acceptors (Lipinski definition) is 2. The molecule has 1 aromatic heterocycles. The van der Waals surface area contributed by atoms with Crippen molar-refractivity contribution in [1.82, 2.24) is 4.98 Å². The molecule has 0 saturated heterocycles. The number of aliphatic hydroxyl groups excluding tert-OH is 1. The number of alkyl halides is 3. The minimum atomic E-state index is -4.46. The molecule has 0 radical (unpaired) electrons. The zero-order valence-electron chi connectivity index (χ0n) is 10.8. The number of halogens is 3. The molecule has 0 bridgehead atoms. The van der Waals surface area contributed by atoms with Gasteiger partial charge in [0.2, 0.25) is 0 Å². The van der Waals surface area contributed by atoms with E-state index < -0.39 is 17.8 Å². The number of aromatic nitrogens is 1. The fourth-order valence-corrected chi connectivity index (χ4v) is 1.66. The average Bonchev–Trinajstić information content (AvgIpc) is 2.24. The Bertz CT molecular complexity index is 396. The summed E-state index contributed by atoms with van der Waals surface area (Å²) in [5, 5.41) is 9.89. The Morgan fingerprint density at radius 2 is 1.89 bits per heavy atom. The van der Waals surface area contributed by atoms with Crippen LogP contribution in [0.1, 0.15) is 50.8 Å². The van der Waals surface area contributed by atoms with E-state index in [0.717, 1.165) is 18.5 Å². The summed E-state index contributed by atoms with van der Waals surface area (Å²) in [5.41, 5.74) is -0.977. The van der Waals surface area contributed by atoms with Crippen molar-refractivity contribution in [3.63, 3.8) is 0 Å². The third-order valence-electron chi connectivity index (χ3n) is 2.68. The number of rotatable bonds is 3. The fourth-order valence-electron chi connectivity index (χ4n) is 1.66. The first kappa shape index (κ1) is 15.0. The molecule has 5 heteroatoms. The van der Waals surface area contributed by atoms with Gasteiger partial charge in [0.25, 0.3) is 0 Å². The lowest BCUT2D eigenvalue weighted by atomic mass is 9.87. The van der Waals surface area contributed by atoms with Gasteiger partial charge in [-0.15, -0.1) is 0 Å². The SMILES string of the molecule is CC(C)(C)CCC(O)c1cnccc1C(F)(F)F. The van der Waals surface area contributed by atoms with Gasteiger partial charge in [-0.3, -0.25) is 4.98 Å². The van der Waals surface area contributed by atoms with Crippen LogP contribution in [0.4, 0.5) is 13.2 Å². The molecule has 0 saturated carbocycles. The molecule has 0 aliphatic rings. The molecular formula is C13H18F3NO. The van der Waals surface area contributed by atoms with E-state index >= 15 is 0 Å². The Kier molecular flexibility index (Phi) is 4.37. The molecule has 0 aliphatic carbocycles. The molecule has 1 atom stereocenters. The molecule has 18 heavy (non-hydrogen) atoms. The molecule has 0 aliphatic heterocycles. The highest BCUT2D eigenvalue weighted by Gasteiger charge is 2.35. The van der Waals surface area contributed by atoms with Crippen LogP contribution in [0.2, 0.25) is 0 Å². The lowest BCUT2D eigenvalue weighted by molar-refractivity contribution is -0.139. The van der Waals surface area contributed by atoms with Crippen molar-refractivity contribution in [2.45, 2.75) is 45.9 Å². The van der Waals surface area contributed by atoms with E-state index in [4.69, 9.17) is 0 Å². The monoisotopic (exact) mass is 261 g/mol. The quantitative estimate of drug-likeness (QED) is 0.893. The van der Waals surface area contributed by atoms with Crippen LogP contribution in [-0.4, -0.2) is 10.1 Å². The normalized spacial score (nSPS) is 14.6. The highest BCUT2D eigenvalue weighted by Crippen LogP contribution is 2.36. The first-order valence-electron chi connectivity index (χ1n) is 5.80. The second-order valence-corrected chi connectivity index (χ2v) is 5.58. The van der Waals surface area contributed by atoms with E-state index in [1.165, 1.54) is 0 Å². The van der Waals surface area contributed by atoms with Gasteiger partial charge >= 0.3 is 6.18 Å². The van der Waals surface area contributed by atoms with E-state index in [1.54, 1.807) is 0 Å². The maximum atomic E-state index is 12.7. The van der Waals surface area contributed by atoms with Gasteiger partial charge in [-0.2, -0.15) is 13.2 Å². The van der Waals surface area contributed by atoms with E-state index in [1.807, 2.05) is 20.8 Å². The molecule has 1 rings (SSSR count). The van der Waals surface area contributed by atoms with Gasteiger partial charge < -0.3 is 5.11 Å². The summed E-state index contributed by atoms with van der Waals surface area (Å²) in [7, 11) is 0. The summed E-state index contributed by atoms with van der Waals surface area (Å²) < 4.78 is 38.2. The van der Waals surface area contributed by atoms with Crippen molar-refractivity contribution in [3.8, 4) is 0 Å². The average molecular weight is 261 g/mol. The van der Waals surface area contributed by atoms with E-state index in [9.17, 15) is 18.3 Å². The minimum Gasteiger partial charge on any atom is -0.388 e. The summed E-state index contributed by atoms with van der Waals surface area (Å²) >= 11 is 0. The molecule has 2 nitrogen and oxygen atoms in total. The van der Waals surface area contributed by atoms with Crippen LogP contribution in [0.25, 0.3) is 0 Å². The predicted molar refractivity (Wildman–Crippen MR) is 62.9 cm³/mol. The maximum Gasteiger partial charge on any atom is 0.416 e. The number of nitrogens with zero attached hydrogens (tertiary/aromatic N) is 1. The zero-order chi connectivity index (χ0) is 14.0. The van der Waals surface area contributed by atoms with Gasteiger partial charge in [-0.25, -0.2) is 0 Å².